The fourth-order valence-corrected chi connectivity index (χ4v) is 2.85. The van der Waals surface area contributed by atoms with Crippen LogP contribution in [-0.2, 0) is 4.79 Å². The molecule has 0 heterocycles. The molecule has 0 bridgehead atoms. The molecule has 4 nitrogen and oxygen atoms in total. The van der Waals surface area contributed by atoms with E-state index in [1.54, 1.807) is 24.3 Å². The lowest BCUT2D eigenvalue weighted by molar-refractivity contribution is -0.113. The van der Waals surface area contributed by atoms with Crippen LogP contribution in [0, 0.1) is 0 Å². The van der Waals surface area contributed by atoms with E-state index in [9.17, 15) is 18.4 Å². The summed E-state index contributed by atoms with van der Waals surface area (Å²) in [5.41, 5.74) is 0.948. The number of amides is 1. The Balaban J connectivity index is 1.80. The number of rotatable bonds is 8. The van der Waals surface area contributed by atoms with Crippen molar-refractivity contribution in [3.8, 4) is 5.75 Å². The minimum absolute atomic E-state index is 0.0370. The van der Waals surface area contributed by atoms with Crippen molar-refractivity contribution in [3.63, 3.8) is 0 Å². The van der Waals surface area contributed by atoms with Crippen molar-refractivity contribution < 1.29 is 23.1 Å². The van der Waals surface area contributed by atoms with E-state index in [0.717, 1.165) is 0 Å². The summed E-state index contributed by atoms with van der Waals surface area (Å²) in [6.07, 6.45) is 0. The Morgan fingerprint density at radius 3 is 2.48 bits per heavy atom. The van der Waals surface area contributed by atoms with Crippen LogP contribution >= 0.6 is 23.4 Å². The molecule has 0 radical (unpaired) electrons. The van der Waals surface area contributed by atoms with E-state index in [1.165, 1.54) is 30.0 Å². The van der Waals surface area contributed by atoms with Crippen LogP contribution in [-0.4, -0.2) is 29.8 Å². The molecule has 0 aliphatic carbocycles. The van der Waals surface area contributed by atoms with Crippen molar-refractivity contribution in [1.82, 2.24) is 0 Å². The third-order valence-corrected chi connectivity index (χ3v) is 4.22. The van der Waals surface area contributed by atoms with Crippen molar-refractivity contribution in [2.75, 3.05) is 16.8 Å². The molecule has 8 heteroatoms. The third kappa shape index (κ3) is 6.36. The molecule has 0 aliphatic heterocycles. The molecule has 0 saturated carbocycles. The summed E-state index contributed by atoms with van der Waals surface area (Å²) >= 11 is 6.99. The second-order valence-corrected chi connectivity index (χ2v) is 6.25. The zero-order valence-electron chi connectivity index (χ0n) is 12.9. The number of ketones is 1. The Bertz CT molecular complexity index is 744. The summed E-state index contributed by atoms with van der Waals surface area (Å²) in [5.74, 6) is -0.304. The Labute approximate surface area is 152 Å². The first kappa shape index (κ1) is 19.2. The molecular formula is C17H14ClF2NO3S. The minimum atomic E-state index is -2.98. The number of Topliss-reactive ketones (excluding diaryl/α,β-unsaturated/α-hetero) is 1. The first-order chi connectivity index (χ1) is 12.0. The lowest BCUT2D eigenvalue weighted by Gasteiger charge is -2.09. The Morgan fingerprint density at radius 2 is 1.84 bits per heavy atom. The van der Waals surface area contributed by atoms with Crippen LogP contribution in [0.2, 0.25) is 5.02 Å². The average molecular weight is 386 g/mol. The van der Waals surface area contributed by atoms with Crippen LogP contribution < -0.4 is 10.1 Å². The monoisotopic (exact) mass is 385 g/mol. The van der Waals surface area contributed by atoms with Gasteiger partial charge in [0.2, 0.25) is 5.91 Å². The number of carbonyl (C=O) groups excluding carboxylic acids is 2. The first-order valence-electron chi connectivity index (χ1n) is 7.16. The van der Waals surface area contributed by atoms with Gasteiger partial charge in [-0.05, 0) is 18.2 Å². The SMILES string of the molecule is O=C(CSCC(=O)c1ccccc1)Nc1ccc(OC(F)F)c(Cl)c1. The zero-order chi connectivity index (χ0) is 18.2. The number of anilines is 1. The largest absolute Gasteiger partial charge is 0.433 e. The van der Waals surface area contributed by atoms with Crippen molar-refractivity contribution in [2.24, 2.45) is 0 Å². The van der Waals surface area contributed by atoms with Gasteiger partial charge in [0.1, 0.15) is 5.75 Å². The number of thioether (sulfide) groups is 1. The number of alkyl halides is 2. The van der Waals surface area contributed by atoms with Gasteiger partial charge in [0, 0.05) is 11.3 Å². The van der Waals surface area contributed by atoms with Gasteiger partial charge in [-0.15, -0.1) is 11.8 Å². The van der Waals surface area contributed by atoms with Gasteiger partial charge < -0.3 is 10.1 Å². The molecule has 0 fully saturated rings. The molecule has 0 saturated heterocycles. The van der Waals surface area contributed by atoms with Crippen molar-refractivity contribution in [2.45, 2.75) is 6.61 Å². The van der Waals surface area contributed by atoms with E-state index < -0.39 is 6.61 Å². The molecule has 2 aromatic rings. The van der Waals surface area contributed by atoms with Crippen molar-refractivity contribution in [3.05, 3.63) is 59.1 Å². The molecule has 0 aliphatic rings. The molecule has 0 atom stereocenters. The van der Waals surface area contributed by atoms with E-state index in [-0.39, 0.29) is 34.0 Å². The second kappa shape index (κ2) is 9.39. The van der Waals surface area contributed by atoms with Crippen LogP contribution in [0.1, 0.15) is 10.4 Å². The second-order valence-electron chi connectivity index (χ2n) is 4.85. The summed E-state index contributed by atoms with van der Waals surface area (Å²) in [6, 6.07) is 12.8. The van der Waals surface area contributed by atoms with E-state index in [2.05, 4.69) is 10.1 Å². The highest BCUT2D eigenvalue weighted by Gasteiger charge is 2.11. The predicted octanol–water partition coefficient (Wildman–Crippen LogP) is 4.50. The standard InChI is InChI=1S/C17H14ClF2NO3S/c18-13-8-12(6-7-15(13)24-17(19)20)21-16(23)10-25-9-14(22)11-4-2-1-3-5-11/h1-8,17H,9-10H2,(H,21,23). The quantitative estimate of drug-likeness (QED) is 0.680. The molecule has 1 amide bonds. The lowest BCUT2D eigenvalue weighted by Crippen LogP contribution is -2.15. The van der Waals surface area contributed by atoms with E-state index >= 15 is 0 Å². The van der Waals surface area contributed by atoms with Crippen LogP contribution in [0.15, 0.2) is 48.5 Å². The predicted molar refractivity (Wildman–Crippen MR) is 94.8 cm³/mol. The number of ether oxygens (including phenoxy) is 1. The molecule has 132 valence electrons. The highest BCUT2D eigenvalue weighted by molar-refractivity contribution is 8.00. The number of carbonyl (C=O) groups is 2. The van der Waals surface area contributed by atoms with E-state index in [4.69, 9.17) is 11.6 Å². The topological polar surface area (TPSA) is 55.4 Å². The van der Waals surface area contributed by atoms with Gasteiger partial charge in [0.15, 0.2) is 5.78 Å². The Morgan fingerprint density at radius 1 is 1.12 bits per heavy atom. The smallest absolute Gasteiger partial charge is 0.387 e. The molecule has 2 rings (SSSR count). The summed E-state index contributed by atoms with van der Waals surface area (Å²) < 4.78 is 28.5. The maximum absolute atomic E-state index is 12.2. The number of hydrogen-bond acceptors (Lipinski definition) is 4. The summed E-state index contributed by atoms with van der Waals surface area (Å²) in [6.45, 7) is -2.98. The average Bonchev–Trinajstić information content (AvgIpc) is 2.57. The summed E-state index contributed by atoms with van der Waals surface area (Å²) in [7, 11) is 0. The summed E-state index contributed by atoms with van der Waals surface area (Å²) in [5, 5.41) is 2.54. The molecule has 25 heavy (non-hydrogen) atoms. The molecule has 0 unspecified atom stereocenters. The highest BCUT2D eigenvalue weighted by atomic mass is 35.5. The van der Waals surface area contributed by atoms with E-state index in [1.807, 2.05) is 6.07 Å². The molecule has 0 aromatic heterocycles. The van der Waals surface area contributed by atoms with Gasteiger partial charge in [-0.3, -0.25) is 9.59 Å². The van der Waals surface area contributed by atoms with Crippen LogP contribution in [0.25, 0.3) is 0 Å². The lowest BCUT2D eigenvalue weighted by atomic mass is 10.2. The van der Waals surface area contributed by atoms with E-state index in [0.29, 0.717) is 11.3 Å². The molecule has 1 N–H and O–H groups in total. The fourth-order valence-electron chi connectivity index (χ4n) is 1.91. The maximum atomic E-state index is 12.2. The Hall–Kier alpha value is -2.12. The number of halogens is 3. The molecular weight excluding hydrogens is 372 g/mol. The number of benzene rings is 2. The van der Waals surface area contributed by atoms with Gasteiger partial charge in [-0.2, -0.15) is 8.78 Å². The Kier molecular flexibility index (Phi) is 7.21. The van der Waals surface area contributed by atoms with Crippen LogP contribution in [0.5, 0.6) is 5.75 Å². The van der Waals surface area contributed by atoms with Crippen LogP contribution in [0.3, 0.4) is 0 Å². The highest BCUT2D eigenvalue weighted by Crippen LogP contribution is 2.29. The van der Waals surface area contributed by atoms with Crippen molar-refractivity contribution in [1.29, 1.82) is 0 Å². The molecule has 2 aromatic carbocycles. The van der Waals surface area contributed by atoms with Gasteiger partial charge >= 0.3 is 6.61 Å². The fraction of sp³-hybridized carbons (Fsp3) is 0.176. The number of hydrogen-bond donors (Lipinski definition) is 1. The molecule has 0 spiro atoms. The van der Waals surface area contributed by atoms with Gasteiger partial charge in [0.25, 0.3) is 0 Å². The van der Waals surface area contributed by atoms with Gasteiger partial charge in [0.05, 0.1) is 16.5 Å². The summed E-state index contributed by atoms with van der Waals surface area (Å²) in [4.78, 5) is 23.8. The minimum Gasteiger partial charge on any atom is -0.433 e. The normalized spacial score (nSPS) is 10.6. The van der Waals surface area contributed by atoms with Gasteiger partial charge in [-0.1, -0.05) is 41.9 Å². The van der Waals surface area contributed by atoms with Gasteiger partial charge in [-0.25, -0.2) is 0 Å². The maximum Gasteiger partial charge on any atom is 0.387 e. The third-order valence-electron chi connectivity index (χ3n) is 2.99. The first-order valence-corrected chi connectivity index (χ1v) is 8.69. The zero-order valence-corrected chi connectivity index (χ0v) is 14.4. The van der Waals surface area contributed by atoms with Crippen molar-refractivity contribution >= 4 is 40.7 Å². The van der Waals surface area contributed by atoms with Crippen LogP contribution in [0.4, 0.5) is 14.5 Å². The number of nitrogens with one attached hydrogen (secondary N) is 1.